The number of carbonyl (C=O) groups is 1. The summed E-state index contributed by atoms with van der Waals surface area (Å²) in [4.78, 5) is 19.8. The van der Waals surface area contributed by atoms with Gasteiger partial charge >= 0.3 is 12.3 Å². The quantitative estimate of drug-likeness (QED) is 0.845. The number of esters is 1. The average molecular weight is 339 g/mol. The second-order valence-electron chi connectivity index (χ2n) is 4.63. The highest BCUT2D eigenvalue weighted by Crippen LogP contribution is 2.42. The minimum atomic E-state index is -3.74. The minimum Gasteiger partial charge on any atom is -0.491 e. The Bertz CT molecular complexity index is 828. The molecule has 0 radical (unpaired) electrons. The van der Waals surface area contributed by atoms with Crippen LogP contribution in [-0.4, -0.2) is 36.5 Å². The number of hydrogen-bond donors (Lipinski definition) is 1. The fourth-order valence-electron chi connectivity index (χ4n) is 2.12. The number of methoxy groups -OCH3 is 2. The van der Waals surface area contributed by atoms with Gasteiger partial charge in [-0.05, 0) is 18.2 Å². The lowest BCUT2D eigenvalue weighted by molar-refractivity contribution is -0.286. The Kier molecular flexibility index (Phi) is 3.59. The first-order valence-electron chi connectivity index (χ1n) is 6.54. The van der Waals surface area contributed by atoms with E-state index in [0.29, 0.717) is 0 Å². The van der Waals surface area contributed by atoms with Crippen molar-refractivity contribution < 1.29 is 32.5 Å². The topological polar surface area (TPSA) is 106 Å². The first-order valence-corrected chi connectivity index (χ1v) is 6.54. The molecule has 0 saturated heterocycles. The molecule has 2 aromatic rings. The Morgan fingerprint density at radius 2 is 1.92 bits per heavy atom. The van der Waals surface area contributed by atoms with Crippen molar-refractivity contribution in [2.75, 3.05) is 20.0 Å². The number of benzene rings is 1. The summed E-state index contributed by atoms with van der Waals surface area (Å²) in [5, 5.41) is 0. The van der Waals surface area contributed by atoms with E-state index in [1.807, 2.05) is 0 Å². The number of halogens is 2. The number of anilines is 1. The predicted molar refractivity (Wildman–Crippen MR) is 76.0 cm³/mol. The maximum atomic E-state index is 13.1. The fraction of sp³-hybridized carbons (Fsp3) is 0.214. The van der Waals surface area contributed by atoms with Crippen LogP contribution in [0.1, 0.15) is 10.5 Å². The number of nitrogens with zero attached hydrogens (tertiary/aromatic N) is 2. The Balaban J connectivity index is 2.08. The largest absolute Gasteiger partial charge is 0.586 e. The first-order chi connectivity index (χ1) is 11.3. The van der Waals surface area contributed by atoms with Crippen LogP contribution < -0.4 is 19.9 Å². The number of ether oxygens (including phenoxy) is 4. The monoisotopic (exact) mass is 339 g/mol. The standard InChI is InChI=1S/C14H11F2N3O5/c1-21-10-9(13(20)22-2)18-12(19-11(10)17)6-3-4-7-8(5-6)24-14(15,16)23-7/h3-5H,1-2H3,(H2,17,18,19). The smallest absolute Gasteiger partial charge is 0.491 e. The zero-order valence-corrected chi connectivity index (χ0v) is 12.5. The highest BCUT2D eigenvalue weighted by Gasteiger charge is 2.43. The van der Waals surface area contributed by atoms with Crippen LogP contribution in [0.5, 0.6) is 17.2 Å². The maximum absolute atomic E-state index is 13.1. The van der Waals surface area contributed by atoms with Crippen LogP contribution in [0.15, 0.2) is 18.2 Å². The molecule has 8 nitrogen and oxygen atoms in total. The number of fused-ring (bicyclic) bond motifs is 1. The van der Waals surface area contributed by atoms with E-state index in [4.69, 9.17) is 10.5 Å². The van der Waals surface area contributed by atoms with E-state index in [9.17, 15) is 13.6 Å². The van der Waals surface area contributed by atoms with Crippen molar-refractivity contribution in [2.24, 2.45) is 0 Å². The molecule has 0 unspecified atom stereocenters. The van der Waals surface area contributed by atoms with E-state index in [1.54, 1.807) is 0 Å². The van der Waals surface area contributed by atoms with Crippen LogP contribution in [0.4, 0.5) is 14.6 Å². The molecule has 0 amide bonds. The van der Waals surface area contributed by atoms with Crippen molar-refractivity contribution in [3.63, 3.8) is 0 Å². The lowest BCUT2D eigenvalue weighted by atomic mass is 10.2. The van der Waals surface area contributed by atoms with E-state index in [2.05, 4.69) is 24.2 Å². The van der Waals surface area contributed by atoms with Gasteiger partial charge in [0.1, 0.15) is 0 Å². The van der Waals surface area contributed by atoms with Crippen LogP contribution in [0, 0.1) is 0 Å². The Morgan fingerprint density at radius 1 is 1.21 bits per heavy atom. The Morgan fingerprint density at radius 3 is 2.58 bits per heavy atom. The number of nitrogens with two attached hydrogens (primary N) is 1. The van der Waals surface area contributed by atoms with Gasteiger partial charge in [0.2, 0.25) is 0 Å². The number of carbonyl (C=O) groups excluding carboxylic acids is 1. The van der Waals surface area contributed by atoms with E-state index in [-0.39, 0.29) is 40.1 Å². The molecule has 2 heterocycles. The number of hydrogen-bond acceptors (Lipinski definition) is 8. The molecule has 1 aliphatic heterocycles. The molecule has 126 valence electrons. The van der Waals surface area contributed by atoms with Gasteiger partial charge < -0.3 is 24.7 Å². The molecule has 3 rings (SSSR count). The van der Waals surface area contributed by atoms with Gasteiger partial charge in [-0.1, -0.05) is 0 Å². The first kappa shape index (κ1) is 15.7. The van der Waals surface area contributed by atoms with Crippen LogP contribution in [-0.2, 0) is 4.74 Å². The molecule has 1 aromatic carbocycles. The third kappa shape index (κ3) is 2.62. The number of rotatable bonds is 3. The summed E-state index contributed by atoms with van der Waals surface area (Å²) in [6.45, 7) is 0. The van der Waals surface area contributed by atoms with Crippen LogP contribution in [0.25, 0.3) is 11.4 Å². The van der Waals surface area contributed by atoms with E-state index >= 15 is 0 Å². The van der Waals surface area contributed by atoms with Crippen molar-refractivity contribution in [1.29, 1.82) is 0 Å². The molecule has 0 bridgehead atoms. The number of aromatic nitrogens is 2. The minimum absolute atomic E-state index is 0.00955. The molecule has 1 aliphatic rings. The molecule has 0 saturated carbocycles. The molecule has 10 heteroatoms. The van der Waals surface area contributed by atoms with Crippen LogP contribution in [0.2, 0.25) is 0 Å². The van der Waals surface area contributed by atoms with Crippen LogP contribution >= 0.6 is 0 Å². The van der Waals surface area contributed by atoms with Gasteiger partial charge in [-0.25, -0.2) is 14.8 Å². The van der Waals surface area contributed by atoms with E-state index in [1.165, 1.54) is 32.4 Å². The van der Waals surface area contributed by atoms with Crippen molar-refractivity contribution >= 4 is 11.8 Å². The van der Waals surface area contributed by atoms with Gasteiger partial charge in [0.05, 0.1) is 14.2 Å². The summed E-state index contributed by atoms with van der Waals surface area (Å²) in [6, 6.07) is 3.94. The summed E-state index contributed by atoms with van der Waals surface area (Å²) in [6.07, 6.45) is -3.74. The molecule has 2 N–H and O–H groups in total. The van der Waals surface area contributed by atoms with Crippen molar-refractivity contribution in [3.05, 3.63) is 23.9 Å². The van der Waals surface area contributed by atoms with Gasteiger partial charge in [-0.2, -0.15) is 0 Å². The Hall–Kier alpha value is -3.17. The molecule has 24 heavy (non-hydrogen) atoms. The van der Waals surface area contributed by atoms with Gasteiger partial charge in [-0.3, -0.25) is 0 Å². The summed E-state index contributed by atoms with van der Waals surface area (Å²) in [5.74, 6) is -1.23. The van der Waals surface area contributed by atoms with Crippen molar-refractivity contribution in [3.8, 4) is 28.6 Å². The van der Waals surface area contributed by atoms with E-state index < -0.39 is 12.3 Å². The number of nitrogen functional groups attached to an aromatic ring is 1. The molecule has 0 fully saturated rings. The second kappa shape index (κ2) is 5.48. The molecule has 1 aromatic heterocycles. The average Bonchev–Trinajstić information content (AvgIpc) is 2.85. The third-order valence-electron chi connectivity index (χ3n) is 3.13. The lowest BCUT2D eigenvalue weighted by Crippen LogP contribution is -2.25. The summed E-state index contributed by atoms with van der Waals surface area (Å²) in [7, 11) is 2.46. The molecule has 0 aliphatic carbocycles. The SMILES string of the molecule is COC(=O)c1nc(-c2ccc3c(c2)OC(F)(F)O3)nc(N)c1OC. The molecule has 0 atom stereocenters. The van der Waals surface area contributed by atoms with E-state index in [0.717, 1.165) is 0 Å². The maximum Gasteiger partial charge on any atom is 0.586 e. The predicted octanol–water partition coefficient (Wildman–Crippen LogP) is 1.84. The van der Waals surface area contributed by atoms with Gasteiger partial charge in [0, 0.05) is 5.56 Å². The summed E-state index contributed by atoms with van der Waals surface area (Å²) < 4.78 is 44.4. The lowest BCUT2D eigenvalue weighted by Gasteiger charge is -2.10. The van der Waals surface area contributed by atoms with Gasteiger partial charge in [0.15, 0.2) is 34.6 Å². The molecular weight excluding hydrogens is 328 g/mol. The van der Waals surface area contributed by atoms with Gasteiger partial charge in [0.25, 0.3) is 0 Å². The second-order valence-corrected chi connectivity index (χ2v) is 4.63. The normalized spacial score (nSPS) is 14.3. The summed E-state index contributed by atoms with van der Waals surface area (Å²) in [5.41, 5.74) is 5.86. The fourth-order valence-corrected chi connectivity index (χ4v) is 2.12. The number of alkyl halides is 2. The Labute approximate surface area is 134 Å². The third-order valence-corrected chi connectivity index (χ3v) is 3.13. The highest BCUT2D eigenvalue weighted by molar-refractivity contribution is 5.92. The summed E-state index contributed by atoms with van der Waals surface area (Å²) >= 11 is 0. The zero-order valence-electron chi connectivity index (χ0n) is 12.5. The van der Waals surface area contributed by atoms with Crippen molar-refractivity contribution in [2.45, 2.75) is 6.29 Å². The highest BCUT2D eigenvalue weighted by atomic mass is 19.3. The zero-order chi connectivity index (χ0) is 17.5. The molecular formula is C14H11F2N3O5. The van der Waals surface area contributed by atoms with Crippen molar-refractivity contribution in [1.82, 2.24) is 9.97 Å². The van der Waals surface area contributed by atoms with Gasteiger partial charge in [-0.15, -0.1) is 8.78 Å². The molecule has 0 spiro atoms. The van der Waals surface area contributed by atoms with Crippen LogP contribution in [0.3, 0.4) is 0 Å².